The molecule has 0 bridgehead atoms. The Bertz CT molecular complexity index is 377. The van der Waals surface area contributed by atoms with Crippen LogP contribution in [0.1, 0.15) is 5.56 Å². The molecule has 0 aliphatic heterocycles. The van der Waals surface area contributed by atoms with E-state index in [1.54, 1.807) is 0 Å². The summed E-state index contributed by atoms with van der Waals surface area (Å²) in [7, 11) is -3.44. The molecule has 12 heavy (non-hydrogen) atoms. The third-order valence-corrected chi connectivity index (χ3v) is 2.31. The van der Waals surface area contributed by atoms with Gasteiger partial charge in [0.25, 0.3) is 0 Å². The Morgan fingerprint density at radius 2 is 2.25 bits per heavy atom. The molecule has 0 radical (unpaired) electrons. The van der Waals surface area contributed by atoms with Gasteiger partial charge in [-0.1, -0.05) is 0 Å². The molecule has 66 valence electrons. The average molecular weight is 190 g/mol. The van der Waals surface area contributed by atoms with Crippen molar-refractivity contribution in [1.82, 2.24) is 9.97 Å². The normalized spacial score (nSPS) is 11.5. The average Bonchev–Trinajstić information content (AvgIpc) is 2.03. The minimum atomic E-state index is -3.44. The molecule has 0 aliphatic carbocycles. The van der Waals surface area contributed by atoms with Gasteiger partial charge >= 0.3 is 0 Å². The van der Waals surface area contributed by atoms with E-state index in [0.29, 0.717) is 0 Å². The monoisotopic (exact) mass is 190 g/mol. The zero-order valence-corrected chi connectivity index (χ0v) is 7.18. The van der Waals surface area contributed by atoms with E-state index in [1.165, 1.54) is 0 Å². The molecule has 0 N–H and O–H groups in total. The second kappa shape index (κ2) is 3.14. The standard InChI is InChI=1S/C6H7FN2O2S/c1-12(10,11)6-5(2-7)3-8-4-9-6/h3-4H,2H2,1H3. The summed E-state index contributed by atoms with van der Waals surface area (Å²) in [5, 5.41) is -0.236. The van der Waals surface area contributed by atoms with Crippen LogP contribution in [0, 0.1) is 0 Å². The third kappa shape index (κ3) is 1.76. The van der Waals surface area contributed by atoms with E-state index in [0.717, 1.165) is 18.8 Å². The van der Waals surface area contributed by atoms with Crippen molar-refractivity contribution in [2.45, 2.75) is 11.7 Å². The Morgan fingerprint density at radius 1 is 1.58 bits per heavy atom. The zero-order valence-electron chi connectivity index (χ0n) is 6.36. The highest BCUT2D eigenvalue weighted by molar-refractivity contribution is 7.90. The van der Waals surface area contributed by atoms with Crippen LogP contribution in [0.25, 0.3) is 0 Å². The summed E-state index contributed by atoms with van der Waals surface area (Å²) in [6.45, 7) is -0.872. The lowest BCUT2D eigenvalue weighted by Gasteiger charge is -2.00. The van der Waals surface area contributed by atoms with Crippen LogP contribution >= 0.6 is 0 Å². The number of halogens is 1. The summed E-state index contributed by atoms with van der Waals surface area (Å²) in [5.74, 6) is 0. The Hall–Kier alpha value is -1.04. The van der Waals surface area contributed by atoms with Gasteiger partial charge in [-0.3, -0.25) is 0 Å². The van der Waals surface area contributed by atoms with E-state index in [2.05, 4.69) is 9.97 Å². The van der Waals surface area contributed by atoms with Crippen molar-refractivity contribution < 1.29 is 12.8 Å². The smallest absolute Gasteiger partial charge is 0.193 e. The second-order valence-electron chi connectivity index (χ2n) is 2.26. The van der Waals surface area contributed by atoms with Crippen LogP contribution < -0.4 is 0 Å². The Balaban J connectivity index is 3.33. The van der Waals surface area contributed by atoms with Gasteiger partial charge in [0.15, 0.2) is 14.9 Å². The highest BCUT2D eigenvalue weighted by Crippen LogP contribution is 2.11. The van der Waals surface area contributed by atoms with Crippen molar-refractivity contribution in [2.75, 3.05) is 6.26 Å². The first-order valence-corrected chi connectivity index (χ1v) is 4.99. The maximum atomic E-state index is 12.2. The van der Waals surface area contributed by atoms with Crippen molar-refractivity contribution in [3.63, 3.8) is 0 Å². The predicted molar refractivity (Wildman–Crippen MR) is 40.0 cm³/mol. The van der Waals surface area contributed by atoms with E-state index in [4.69, 9.17) is 0 Å². The molecule has 0 atom stereocenters. The first-order chi connectivity index (χ1) is 5.55. The van der Waals surface area contributed by atoms with Gasteiger partial charge in [0, 0.05) is 18.0 Å². The van der Waals surface area contributed by atoms with Crippen LogP contribution in [0.2, 0.25) is 0 Å². The Kier molecular flexibility index (Phi) is 2.37. The molecule has 0 aromatic carbocycles. The first kappa shape index (κ1) is 9.05. The number of hydrogen-bond donors (Lipinski definition) is 0. The molecule has 0 saturated heterocycles. The number of rotatable bonds is 2. The molecule has 1 rings (SSSR count). The molecule has 0 saturated carbocycles. The maximum absolute atomic E-state index is 12.2. The number of nitrogens with zero attached hydrogens (tertiary/aromatic N) is 2. The van der Waals surface area contributed by atoms with Crippen molar-refractivity contribution in [3.8, 4) is 0 Å². The van der Waals surface area contributed by atoms with Gasteiger partial charge in [-0.05, 0) is 0 Å². The Morgan fingerprint density at radius 3 is 2.67 bits per heavy atom. The molecule has 0 amide bonds. The minimum Gasteiger partial charge on any atom is -0.246 e. The first-order valence-electron chi connectivity index (χ1n) is 3.10. The van der Waals surface area contributed by atoms with Gasteiger partial charge in [-0.2, -0.15) is 0 Å². The lowest BCUT2D eigenvalue weighted by atomic mass is 10.4. The van der Waals surface area contributed by atoms with Gasteiger partial charge in [-0.15, -0.1) is 0 Å². The molecule has 0 unspecified atom stereocenters. The molecule has 4 nitrogen and oxygen atoms in total. The summed E-state index contributed by atoms with van der Waals surface area (Å²) in [6, 6.07) is 0. The molecular weight excluding hydrogens is 183 g/mol. The molecule has 1 aromatic rings. The fraction of sp³-hybridized carbons (Fsp3) is 0.333. The van der Waals surface area contributed by atoms with E-state index in [9.17, 15) is 12.8 Å². The zero-order chi connectivity index (χ0) is 9.19. The third-order valence-electron chi connectivity index (χ3n) is 1.24. The molecule has 0 spiro atoms. The number of sulfone groups is 1. The van der Waals surface area contributed by atoms with E-state index < -0.39 is 16.5 Å². The van der Waals surface area contributed by atoms with Crippen LogP contribution in [0.3, 0.4) is 0 Å². The number of alkyl halides is 1. The van der Waals surface area contributed by atoms with Crippen molar-refractivity contribution in [1.29, 1.82) is 0 Å². The maximum Gasteiger partial charge on any atom is 0.193 e. The molecular formula is C6H7FN2O2S. The minimum absolute atomic E-state index is 0.000000000000000222. The molecule has 0 aliphatic rings. The van der Waals surface area contributed by atoms with Crippen molar-refractivity contribution >= 4 is 9.84 Å². The predicted octanol–water partition coefficient (Wildman–Crippen LogP) is 0.350. The van der Waals surface area contributed by atoms with Crippen LogP contribution in [-0.2, 0) is 16.5 Å². The summed E-state index contributed by atoms with van der Waals surface area (Å²) in [4.78, 5) is 7.00. The summed E-state index contributed by atoms with van der Waals surface area (Å²) in [5.41, 5.74) is 0.000000000000000222. The van der Waals surface area contributed by atoms with Crippen molar-refractivity contribution in [3.05, 3.63) is 18.1 Å². The van der Waals surface area contributed by atoms with Gasteiger partial charge in [-0.25, -0.2) is 22.8 Å². The summed E-state index contributed by atoms with van der Waals surface area (Å²) < 4.78 is 34.1. The van der Waals surface area contributed by atoms with Crippen molar-refractivity contribution in [2.24, 2.45) is 0 Å². The van der Waals surface area contributed by atoms with E-state index >= 15 is 0 Å². The lowest BCUT2D eigenvalue weighted by Crippen LogP contribution is -2.04. The number of hydrogen-bond acceptors (Lipinski definition) is 4. The van der Waals surface area contributed by atoms with Gasteiger partial charge < -0.3 is 0 Å². The van der Waals surface area contributed by atoms with Crippen LogP contribution in [0.4, 0.5) is 4.39 Å². The summed E-state index contributed by atoms with van der Waals surface area (Å²) in [6.07, 6.45) is 3.22. The fourth-order valence-corrected chi connectivity index (χ4v) is 1.59. The molecule has 0 fully saturated rings. The molecule has 1 heterocycles. The molecule has 1 aromatic heterocycles. The topological polar surface area (TPSA) is 59.9 Å². The summed E-state index contributed by atoms with van der Waals surface area (Å²) >= 11 is 0. The fourth-order valence-electron chi connectivity index (χ4n) is 0.773. The largest absolute Gasteiger partial charge is 0.246 e. The lowest BCUT2D eigenvalue weighted by molar-refractivity contribution is 0.473. The highest BCUT2D eigenvalue weighted by atomic mass is 32.2. The van der Waals surface area contributed by atoms with Crippen LogP contribution in [0.15, 0.2) is 17.6 Å². The SMILES string of the molecule is CS(=O)(=O)c1ncncc1CF. The number of aromatic nitrogens is 2. The van der Waals surface area contributed by atoms with Crippen LogP contribution in [-0.4, -0.2) is 24.6 Å². The van der Waals surface area contributed by atoms with Gasteiger partial charge in [0.1, 0.15) is 13.0 Å². The molecule has 6 heteroatoms. The van der Waals surface area contributed by atoms with Gasteiger partial charge in [0.05, 0.1) is 0 Å². The second-order valence-corrected chi connectivity index (χ2v) is 4.19. The van der Waals surface area contributed by atoms with E-state index in [-0.39, 0.29) is 10.6 Å². The van der Waals surface area contributed by atoms with E-state index in [1.807, 2.05) is 0 Å². The highest BCUT2D eigenvalue weighted by Gasteiger charge is 2.14. The quantitative estimate of drug-likeness (QED) is 0.631. The Labute approximate surface area is 69.4 Å². The van der Waals surface area contributed by atoms with Gasteiger partial charge in [0.2, 0.25) is 0 Å². The van der Waals surface area contributed by atoms with Crippen LogP contribution in [0.5, 0.6) is 0 Å².